The van der Waals surface area contributed by atoms with Gasteiger partial charge in [0.05, 0.1) is 24.4 Å². The molecule has 1 saturated carbocycles. The molecule has 0 radical (unpaired) electrons. The van der Waals surface area contributed by atoms with Gasteiger partial charge in [0.25, 0.3) is 0 Å². The maximum absolute atomic E-state index is 11.7. The van der Waals surface area contributed by atoms with Gasteiger partial charge in [0.1, 0.15) is 0 Å². The minimum atomic E-state index is -0.159. The number of thiazole rings is 1. The van der Waals surface area contributed by atoms with Gasteiger partial charge in [0.2, 0.25) is 0 Å². The number of hydrogen-bond acceptors (Lipinski definition) is 5. The highest BCUT2D eigenvalue weighted by Crippen LogP contribution is 2.28. The number of esters is 1. The minimum absolute atomic E-state index is 0.0868. The second kappa shape index (κ2) is 6.88. The van der Waals surface area contributed by atoms with Gasteiger partial charge in [-0.2, -0.15) is 0 Å². The molecule has 5 heteroatoms. The van der Waals surface area contributed by atoms with Crippen LogP contribution in [0, 0.1) is 0 Å². The lowest BCUT2D eigenvalue weighted by atomic mass is 9.98. The Labute approximate surface area is 131 Å². The Kier molecular flexibility index (Phi) is 5.38. The van der Waals surface area contributed by atoms with Crippen LogP contribution in [0.25, 0.3) is 0 Å². The van der Waals surface area contributed by atoms with Crippen LogP contribution in [0.4, 0.5) is 0 Å². The van der Waals surface area contributed by atoms with E-state index in [9.17, 15) is 4.79 Å². The Hall–Kier alpha value is -0.940. The van der Waals surface area contributed by atoms with E-state index in [2.05, 4.69) is 31.1 Å². The first-order valence-electron chi connectivity index (χ1n) is 7.66. The minimum Gasteiger partial charge on any atom is -0.468 e. The maximum atomic E-state index is 11.7. The molecule has 21 heavy (non-hydrogen) atoms. The molecule has 1 fully saturated rings. The van der Waals surface area contributed by atoms with Crippen LogP contribution in [0.3, 0.4) is 0 Å². The summed E-state index contributed by atoms with van der Waals surface area (Å²) in [5.41, 5.74) is 1.16. The van der Waals surface area contributed by atoms with Crippen molar-refractivity contribution in [2.75, 3.05) is 13.7 Å². The van der Waals surface area contributed by atoms with Crippen LogP contribution in [0.5, 0.6) is 0 Å². The van der Waals surface area contributed by atoms with Crippen molar-refractivity contribution >= 4 is 17.3 Å². The second-order valence-corrected chi connectivity index (χ2v) is 7.67. The third kappa shape index (κ3) is 4.51. The number of hydrogen-bond donors (Lipinski definition) is 0. The molecule has 1 aliphatic rings. The molecule has 118 valence electrons. The number of aromatic nitrogens is 1. The molecule has 2 rings (SSSR count). The average Bonchev–Trinajstić information content (AvgIpc) is 3.08. The molecular formula is C16H26N2O2S. The Morgan fingerprint density at radius 3 is 2.62 bits per heavy atom. The van der Waals surface area contributed by atoms with Gasteiger partial charge in [-0.05, 0) is 12.8 Å². The molecule has 0 N–H and O–H groups in total. The van der Waals surface area contributed by atoms with Gasteiger partial charge in [-0.25, -0.2) is 4.98 Å². The van der Waals surface area contributed by atoms with E-state index in [4.69, 9.17) is 9.72 Å². The highest BCUT2D eigenvalue weighted by Gasteiger charge is 2.26. The zero-order valence-electron chi connectivity index (χ0n) is 13.5. The van der Waals surface area contributed by atoms with Crippen LogP contribution in [0.1, 0.15) is 57.2 Å². The Bertz CT molecular complexity index is 473. The fourth-order valence-electron chi connectivity index (χ4n) is 2.75. The first-order valence-corrected chi connectivity index (χ1v) is 8.54. The number of methoxy groups -OCH3 is 1. The Balaban J connectivity index is 2.06. The van der Waals surface area contributed by atoms with Gasteiger partial charge in [0, 0.05) is 23.4 Å². The van der Waals surface area contributed by atoms with Crippen molar-refractivity contribution in [3.63, 3.8) is 0 Å². The van der Waals surface area contributed by atoms with Crippen molar-refractivity contribution in [2.24, 2.45) is 0 Å². The Morgan fingerprint density at radius 1 is 1.43 bits per heavy atom. The van der Waals surface area contributed by atoms with E-state index in [1.807, 2.05) is 0 Å². The summed E-state index contributed by atoms with van der Waals surface area (Å²) in [6.45, 7) is 7.65. The lowest BCUT2D eigenvalue weighted by Gasteiger charge is -2.26. The molecule has 0 saturated heterocycles. The van der Waals surface area contributed by atoms with Crippen LogP contribution in [0.15, 0.2) is 5.38 Å². The predicted molar refractivity (Wildman–Crippen MR) is 85.5 cm³/mol. The summed E-state index contributed by atoms with van der Waals surface area (Å²) in [7, 11) is 1.45. The standard InChI is InChI=1S/C16H26N2O2S/c1-16(2,3)15-17-12(11-21-15)9-18(10-14(19)20-4)13-7-5-6-8-13/h11,13H,5-10H2,1-4H3. The maximum Gasteiger partial charge on any atom is 0.319 e. The topological polar surface area (TPSA) is 42.4 Å². The molecule has 0 amide bonds. The molecule has 1 aromatic heterocycles. The lowest BCUT2D eigenvalue weighted by Crippen LogP contribution is -2.37. The van der Waals surface area contributed by atoms with E-state index in [1.165, 1.54) is 32.8 Å². The average molecular weight is 310 g/mol. The zero-order valence-corrected chi connectivity index (χ0v) is 14.3. The highest BCUT2D eigenvalue weighted by atomic mass is 32.1. The second-order valence-electron chi connectivity index (χ2n) is 6.81. The Morgan fingerprint density at radius 2 is 2.10 bits per heavy atom. The van der Waals surface area contributed by atoms with Crippen molar-refractivity contribution in [2.45, 2.75) is 64.5 Å². The number of carbonyl (C=O) groups is 1. The molecule has 1 heterocycles. The molecule has 0 unspecified atom stereocenters. The van der Waals surface area contributed by atoms with Crippen LogP contribution in [0.2, 0.25) is 0 Å². The largest absolute Gasteiger partial charge is 0.468 e. The fraction of sp³-hybridized carbons (Fsp3) is 0.750. The molecule has 0 spiro atoms. The van der Waals surface area contributed by atoms with E-state index in [1.54, 1.807) is 11.3 Å². The van der Waals surface area contributed by atoms with Crippen LogP contribution in [-0.4, -0.2) is 35.5 Å². The first-order chi connectivity index (χ1) is 9.90. The van der Waals surface area contributed by atoms with Crippen molar-refractivity contribution in [1.29, 1.82) is 0 Å². The van der Waals surface area contributed by atoms with Crippen LogP contribution < -0.4 is 0 Å². The summed E-state index contributed by atoms with van der Waals surface area (Å²) in [6.07, 6.45) is 4.86. The summed E-state index contributed by atoms with van der Waals surface area (Å²) in [5.74, 6) is -0.159. The summed E-state index contributed by atoms with van der Waals surface area (Å²) >= 11 is 1.71. The third-order valence-corrected chi connectivity index (χ3v) is 5.28. The van der Waals surface area contributed by atoms with Gasteiger partial charge < -0.3 is 4.74 Å². The van der Waals surface area contributed by atoms with Gasteiger partial charge in [-0.3, -0.25) is 9.69 Å². The first kappa shape index (κ1) is 16.4. The number of ether oxygens (including phenoxy) is 1. The van der Waals surface area contributed by atoms with Gasteiger partial charge >= 0.3 is 5.97 Å². The molecule has 0 aromatic carbocycles. The van der Waals surface area contributed by atoms with E-state index in [0.29, 0.717) is 12.6 Å². The van der Waals surface area contributed by atoms with Gasteiger partial charge in [-0.1, -0.05) is 33.6 Å². The lowest BCUT2D eigenvalue weighted by molar-refractivity contribution is -0.142. The molecule has 1 aliphatic carbocycles. The summed E-state index contributed by atoms with van der Waals surface area (Å²) in [5, 5.41) is 3.28. The van der Waals surface area contributed by atoms with Crippen LogP contribution in [-0.2, 0) is 21.5 Å². The van der Waals surface area contributed by atoms with Gasteiger partial charge in [-0.15, -0.1) is 11.3 Å². The van der Waals surface area contributed by atoms with E-state index < -0.39 is 0 Å². The predicted octanol–water partition coefficient (Wildman–Crippen LogP) is 3.36. The van der Waals surface area contributed by atoms with E-state index in [0.717, 1.165) is 17.2 Å². The molecular weight excluding hydrogens is 284 g/mol. The molecule has 0 aliphatic heterocycles. The molecule has 0 bridgehead atoms. The smallest absolute Gasteiger partial charge is 0.319 e. The number of rotatable bonds is 5. The fourth-order valence-corrected chi connectivity index (χ4v) is 3.64. The monoisotopic (exact) mass is 310 g/mol. The quantitative estimate of drug-likeness (QED) is 0.782. The SMILES string of the molecule is COC(=O)CN(Cc1csc(C(C)(C)C)n1)C1CCCC1. The zero-order chi connectivity index (χ0) is 15.5. The number of carbonyl (C=O) groups excluding carboxylic acids is 1. The van der Waals surface area contributed by atoms with Gasteiger partial charge in [0.15, 0.2) is 0 Å². The van der Waals surface area contributed by atoms with Crippen molar-refractivity contribution < 1.29 is 9.53 Å². The molecule has 1 aromatic rings. The summed E-state index contributed by atoms with van der Waals surface area (Å²) in [4.78, 5) is 18.6. The van der Waals surface area contributed by atoms with Crippen molar-refractivity contribution in [3.8, 4) is 0 Å². The summed E-state index contributed by atoms with van der Waals surface area (Å²) < 4.78 is 4.84. The normalized spacial score (nSPS) is 16.6. The van der Waals surface area contributed by atoms with Crippen LogP contribution >= 0.6 is 11.3 Å². The van der Waals surface area contributed by atoms with Crippen molar-refractivity contribution in [3.05, 3.63) is 16.1 Å². The number of nitrogens with zero attached hydrogens (tertiary/aromatic N) is 2. The van der Waals surface area contributed by atoms with E-state index >= 15 is 0 Å². The van der Waals surface area contributed by atoms with Crippen molar-refractivity contribution in [1.82, 2.24) is 9.88 Å². The highest BCUT2D eigenvalue weighted by molar-refractivity contribution is 7.09. The van der Waals surface area contributed by atoms with E-state index in [-0.39, 0.29) is 11.4 Å². The third-order valence-electron chi connectivity index (χ3n) is 3.96. The molecule has 0 atom stereocenters. The summed E-state index contributed by atoms with van der Waals surface area (Å²) in [6, 6.07) is 0.490. The molecule has 4 nitrogen and oxygen atoms in total.